The summed E-state index contributed by atoms with van der Waals surface area (Å²) in [6, 6.07) is 0. The zero-order valence-electron chi connectivity index (χ0n) is 15.6. The third kappa shape index (κ3) is 11.2. The van der Waals surface area contributed by atoms with E-state index in [1.54, 1.807) is 0 Å². The predicted octanol–water partition coefficient (Wildman–Crippen LogP) is 5.07. The lowest BCUT2D eigenvalue weighted by Gasteiger charge is -2.34. The molecule has 2 N–H and O–H groups in total. The van der Waals surface area contributed by atoms with Crippen molar-refractivity contribution < 1.29 is 0 Å². The maximum Gasteiger partial charge on any atom is 0.0317 e. The highest BCUT2D eigenvalue weighted by Gasteiger charge is 2.25. The summed E-state index contributed by atoms with van der Waals surface area (Å²) in [5, 5.41) is 7.02. The van der Waals surface area contributed by atoms with Crippen LogP contribution in [-0.2, 0) is 0 Å². The van der Waals surface area contributed by atoms with E-state index in [2.05, 4.69) is 92.3 Å². The van der Waals surface area contributed by atoms with Crippen molar-refractivity contribution in [2.24, 2.45) is 10.8 Å². The molecule has 0 aliphatic carbocycles. The van der Waals surface area contributed by atoms with Crippen molar-refractivity contribution in [3.05, 3.63) is 12.4 Å². The quantitative estimate of drug-likeness (QED) is 0.711. The SMILES string of the molecule is CC(C)(C)CC(C)(C)NC=CNC(C)(C)CC(C)(C)C. The van der Waals surface area contributed by atoms with Crippen LogP contribution in [0.15, 0.2) is 12.4 Å². The molecule has 0 aliphatic rings. The molecule has 0 heterocycles. The summed E-state index contributed by atoms with van der Waals surface area (Å²) in [5.74, 6) is 0. The summed E-state index contributed by atoms with van der Waals surface area (Å²) in [6.07, 6.45) is 6.37. The van der Waals surface area contributed by atoms with Crippen molar-refractivity contribution in [3.8, 4) is 0 Å². The molecular weight excluding hydrogens is 244 g/mol. The Kier molecular flexibility index (Phi) is 6.19. The van der Waals surface area contributed by atoms with Crippen molar-refractivity contribution in [3.63, 3.8) is 0 Å². The highest BCUT2D eigenvalue weighted by Crippen LogP contribution is 2.27. The van der Waals surface area contributed by atoms with Gasteiger partial charge in [0.2, 0.25) is 0 Å². The minimum Gasteiger partial charge on any atom is -0.385 e. The van der Waals surface area contributed by atoms with Gasteiger partial charge in [-0.25, -0.2) is 0 Å². The van der Waals surface area contributed by atoms with Crippen LogP contribution >= 0.6 is 0 Å². The molecule has 0 bridgehead atoms. The van der Waals surface area contributed by atoms with Crippen LogP contribution in [0.2, 0.25) is 0 Å². The average molecular weight is 283 g/mol. The fraction of sp³-hybridized carbons (Fsp3) is 0.889. The molecule has 0 aromatic rings. The van der Waals surface area contributed by atoms with Crippen molar-refractivity contribution in [2.45, 2.75) is 93.2 Å². The number of hydrogen-bond donors (Lipinski definition) is 2. The second kappa shape index (κ2) is 6.41. The van der Waals surface area contributed by atoms with E-state index >= 15 is 0 Å². The van der Waals surface area contributed by atoms with Crippen molar-refractivity contribution >= 4 is 0 Å². The predicted molar refractivity (Wildman–Crippen MR) is 91.7 cm³/mol. The van der Waals surface area contributed by atoms with Crippen LogP contribution in [0.5, 0.6) is 0 Å². The van der Waals surface area contributed by atoms with E-state index in [0.29, 0.717) is 10.8 Å². The number of hydrogen-bond acceptors (Lipinski definition) is 2. The van der Waals surface area contributed by atoms with Gasteiger partial charge in [-0.05, 0) is 51.4 Å². The van der Waals surface area contributed by atoms with Gasteiger partial charge in [0.25, 0.3) is 0 Å². The summed E-state index contributed by atoms with van der Waals surface area (Å²) in [5.41, 5.74) is 0.905. The van der Waals surface area contributed by atoms with E-state index in [1.807, 2.05) is 0 Å². The number of nitrogens with one attached hydrogen (secondary N) is 2. The first-order valence-corrected chi connectivity index (χ1v) is 7.82. The first-order chi connectivity index (χ1) is 8.62. The van der Waals surface area contributed by atoms with E-state index in [1.165, 1.54) is 0 Å². The topological polar surface area (TPSA) is 24.1 Å². The molecular formula is C18H38N2. The maximum atomic E-state index is 3.51. The first-order valence-electron chi connectivity index (χ1n) is 7.82. The van der Waals surface area contributed by atoms with Gasteiger partial charge in [0.05, 0.1) is 0 Å². The molecule has 0 aromatic carbocycles. The molecule has 2 heteroatoms. The van der Waals surface area contributed by atoms with Crippen LogP contribution in [-0.4, -0.2) is 11.1 Å². The number of rotatable bonds is 6. The smallest absolute Gasteiger partial charge is 0.0317 e. The molecule has 0 rings (SSSR count). The zero-order valence-corrected chi connectivity index (χ0v) is 15.6. The zero-order chi connectivity index (χ0) is 16.2. The monoisotopic (exact) mass is 282 g/mol. The van der Waals surface area contributed by atoms with E-state index in [-0.39, 0.29) is 11.1 Å². The summed E-state index contributed by atoms with van der Waals surface area (Å²) in [6.45, 7) is 22.7. The minimum absolute atomic E-state index is 0.116. The Morgan fingerprint density at radius 3 is 1.00 bits per heavy atom. The molecule has 0 atom stereocenters. The van der Waals surface area contributed by atoms with Gasteiger partial charge in [0, 0.05) is 23.5 Å². The lowest BCUT2D eigenvalue weighted by atomic mass is 9.81. The highest BCUT2D eigenvalue weighted by molar-refractivity contribution is 4.94. The van der Waals surface area contributed by atoms with Gasteiger partial charge in [-0.1, -0.05) is 41.5 Å². The fourth-order valence-corrected chi connectivity index (χ4v) is 3.29. The molecule has 0 spiro atoms. The molecule has 0 aliphatic heterocycles. The highest BCUT2D eigenvalue weighted by atomic mass is 15.0. The van der Waals surface area contributed by atoms with Crippen LogP contribution in [0, 0.1) is 10.8 Å². The van der Waals surface area contributed by atoms with Gasteiger partial charge in [0.1, 0.15) is 0 Å². The third-order valence-electron chi connectivity index (χ3n) is 2.98. The van der Waals surface area contributed by atoms with E-state index in [0.717, 1.165) is 12.8 Å². The Balaban J connectivity index is 4.33. The molecule has 0 unspecified atom stereocenters. The largest absolute Gasteiger partial charge is 0.385 e. The molecule has 0 saturated carbocycles. The molecule has 2 nitrogen and oxygen atoms in total. The fourth-order valence-electron chi connectivity index (χ4n) is 3.29. The lowest BCUT2D eigenvalue weighted by molar-refractivity contribution is 0.254. The van der Waals surface area contributed by atoms with Crippen molar-refractivity contribution in [1.29, 1.82) is 0 Å². The molecule has 120 valence electrons. The van der Waals surface area contributed by atoms with Crippen LogP contribution in [0.1, 0.15) is 82.1 Å². The molecule has 20 heavy (non-hydrogen) atoms. The van der Waals surface area contributed by atoms with Gasteiger partial charge in [-0.2, -0.15) is 0 Å². The van der Waals surface area contributed by atoms with Gasteiger partial charge < -0.3 is 10.6 Å². The Hall–Kier alpha value is -0.660. The standard InChI is InChI=1S/C18H38N2/c1-15(2,3)13-17(7,8)19-11-12-20-18(9,10)14-16(4,5)6/h11-12,19-20H,13-14H2,1-10H3. The van der Waals surface area contributed by atoms with Crippen molar-refractivity contribution in [2.75, 3.05) is 0 Å². The van der Waals surface area contributed by atoms with Gasteiger partial charge in [0.15, 0.2) is 0 Å². The van der Waals surface area contributed by atoms with Crippen LogP contribution in [0.25, 0.3) is 0 Å². The normalized spacial score (nSPS) is 14.7. The van der Waals surface area contributed by atoms with E-state index in [9.17, 15) is 0 Å². The molecule has 0 aromatic heterocycles. The maximum absolute atomic E-state index is 3.51. The molecule has 0 amide bonds. The van der Waals surface area contributed by atoms with E-state index in [4.69, 9.17) is 0 Å². The van der Waals surface area contributed by atoms with Gasteiger partial charge >= 0.3 is 0 Å². The molecule has 0 radical (unpaired) electrons. The van der Waals surface area contributed by atoms with Gasteiger partial charge in [-0.15, -0.1) is 0 Å². The van der Waals surface area contributed by atoms with Crippen LogP contribution in [0.4, 0.5) is 0 Å². The lowest BCUT2D eigenvalue weighted by Crippen LogP contribution is -2.41. The third-order valence-corrected chi connectivity index (χ3v) is 2.98. The van der Waals surface area contributed by atoms with Crippen LogP contribution < -0.4 is 10.6 Å². The second-order valence-electron chi connectivity index (χ2n) is 9.86. The summed E-state index contributed by atoms with van der Waals surface area (Å²) in [4.78, 5) is 0. The average Bonchev–Trinajstić information content (AvgIpc) is 2.04. The van der Waals surface area contributed by atoms with Gasteiger partial charge in [-0.3, -0.25) is 0 Å². The summed E-state index contributed by atoms with van der Waals surface area (Å²) in [7, 11) is 0. The van der Waals surface area contributed by atoms with Crippen LogP contribution in [0.3, 0.4) is 0 Å². The Morgan fingerprint density at radius 1 is 0.550 bits per heavy atom. The Bertz CT molecular complexity index is 279. The minimum atomic E-state index is 0.116. The Labute approximate surface area is 127 Å². The molecule has 0 fully saturated rings. The summed E-state index contributed by atoms with van der Waals surface area (Å²) >= 11 is 0. The second-order valence-corrected chi connectivity index (χ2v) is 9.86. The Morgan fingerprint density at radius 2 is 0.800 bits per heavy atom. The molecule has 0 saturated heterocycles. The summed E-state index contributed by atoms with van der Waals surface area (Å²) < 4.78 is 0. The van der Waals surface area contributed by atoms with Crippen molar-refractivity contribution in [1.82, 2.24) is 10.6 Å². The van der Waals surface area contributed by atoms with E-state index < -0.39 is 0 Å². The first kappa shape index (κ1) is 19.3.